The maximum Gasteiger partial charge on any atom is 0.420 e. The van der Waals surface area contributed by atoms with Crippen molar-refractivity contribution in [3.8, 4) is 0 Å². The highest BCUT2D eigenvalue weighted by molar-refractivity contribution is 6.00. The summed E-state index contributed by atoms with van der Waals surface area (Å²) in [6.45, 7) is 6.44. The Balaban J connectivity index is 1.82. The number of anilines is 3. The van der Waals surface area contributed by atoms with Gasteiger partial charge in [0.1, 0.15) is 29.2 Å². The second-order valence-electron chi connectivity index (χ2n) is 8.13. The predicted molar refractivity (Wildman–Crippen MR) is 106 cm³/mol. The summed E-state index contributed by atoms with van der Waals surface area (Å²) in [5.74, 6) is -0.906. The third-order valence-electron chi connectivity index (χ3n) is 4.69. The zero-order chi connectivity index (χ0) is 21.5. The number of hydrogen-bond acceptors (Lipinski definition) is 6. The number of pyridine rings is 1. The number of nitrogens with zero attached hydrogens (tertiary/aromatic N) is 2. The molecule has 1 saturated heterocycles. The van der Waals surface area contributed by atoms with Crippen molar-refractivity contribution in [2.24, 2.45) is 0 Å². The van der Waals surface area contributed by atoms with Crippen molar-refractivity contribution < 1.29 is 27.8 Å². The van der Waals surface area contributed by atoms with E-state index in [1.54, 1.807) is 26.8 Å². The lowest BCUT2D eigenvalue weighted by Gasteiger charge is -2.28. The number of rotatable bonds is 1. The van der Waals surface area contributed by atoms with E-state index < -0.39 is 29.4 Å². The highest BCUT2D eigenvalue weighted by Crippen LogP contribution is 2.41. The molecule has 1 fully saturated rings. The Bertz CT molecular complexity index is 971. The van der Waals surface area contributed by atoms with Gasteiger partial charge in [-0.15, -0.1) is 0 Å². The Labute approximate surface area is 172 Å². The second kappa shape index (κ2) is 7.81. The quantitative estimate of drug-likeness (QED) is 0.737. The molecule has 30 heavy (non-hydrogen) atoms. The Morgan fingerprint density at radius 1 is 1.27 bits per heavy atom. The van der Waals surface area contributed by atoms with Gasteiger partial charge >= 0.3 is 6.09 Å². The Kier molecular flexibility index (Phi) is 5.33. The fourth-order valence-electron chi connectivity index (χ4n) is 3.42. The molecule has 1 aromatic carbocycles. The lowest BCUT2D eigenvalue weighted by Crippen LogP contribution is -2.34. The lowest BCUT2D eigenvalue weighted by atomic mass is 10.1. The molecule has 1 amide bonds. The molecule has 0 radical (unpaired) electrons. The smallest absolute Gasteiger partial charge is 0.420 e. The lowest BCUT2D eigenvalue weighted by molar-refractivity contribution is -0.0912. The van der Waals surface area contributed by atoms with Crippen LogP contribution < -0.4 is 10.2 Å². The Hall–Kier alpha value is -2.78. The highest BCUT2D eigenvalue weighted by Gasteiger charge is 2.33. The number of amides is 1. The molecule has 160 valence electrons. The van der Waals surface area contributed by atoms with E-state index in [0.29, 0.717) is 30.0 Å². The Morgan fingerprint density at radius 2 is 2.07 bits per heavy atom. The second-order valence-corrected chi connectivity index (χ2v) is 8.13. The van der Waals surface area contributed by atoms with Crippen LogP contribution in [0.25, 0.3) is 0 Å². The number of nitrogens with one attached hydrogen (secondary N) is 1. The molecule has 4 rings (SSSR count). The van der Waals surface area contributed by atoms with Crippen LogP contribution in [-0.2, 0) is 20.8 Å². The molecule has 2 aliphatic rings. The van der Waals surface area contributed by atoms with Gasteiger partial charge in [-0.25, -0.2) is 23.5 Å². The van der Waals surface area contributed by atoms with Crippen LogP contribution in [0.5, 0.6) is 0 Å². The van der Waals surface area contributed by atoms with Crippen molar-refractivity contribution in [3.63, 3.8) is 0 Å². The molecule has 2 aliphatic heterocycles. The summed E-state index contributed by atoms with van der Waals surface area (Å²) < 4.78 is 45.4. The highest BCUT2D eigenvalue weighted by atomic mass is 19.1. The minimum atomic E-state index is -0.789. The monoisotopic (exact) mass is 419 g/mol. The molecule has 0 bridgehead atoms. The largest absolute Gasteiger partial charge is 0.443 e. The number of aromatic nitrogens is 1. The van der Waals surface area contributed by atoms with E-state index >= 15 is 4.39 Å². The summed E-state index contributed by atoms with van der Waals surface area (Å²) in [6, 6.07) is 4.11. The van der Waals surface area contributed by atoms with Gasteiger partial charge in [0, 0.05) is 23.7 Å². The number of fused-ring (bicyclic) bond motifs is 2. The summed E-state index contributed by atoms with van der Waals surface area (Å²) >= 11 is 0. The third kappa shape index (κ3) is 4.08. The van der Waals surface area contributed by atoms with E-state index in [-0.39, 0.29) is 24.7 Å². The Morgan fingerprint density at radius 3 is 2.77 bits per heavy atom. The maximum absolute atomic E-state index is 15.1. The summed E-state index contributed by atoms with van der Waals surface area (Å²) in [5, 5.41) is 3.14. The molecule has 9 heteroatoms. The van der Waals surface area contributed by atoms with Crippen molar-refractivity contribution in [1.29, 1.82) is 0 Å². The normalized spacial score (nSPS) is 18.7. The molecule has 2 aromatic rings. The first-order valence-electron chi connectivity index (χ1n) is 9.67. The van der Waals surface area contributed by atoms with Gasteiger partial charge in [-0.05, 0) is 32.9 Å². The molecular weight excluding hydrogens is 396 g/mol. The standard InChI is InChI=1S/C21H23F2N3O4/c1-21(2,3)30-20(27)26-17-8-15(23)14(18-11-28-4-5-29-18)7-16(17)24-9-12-6-13(22)10-25-19(12)26/h6-8,10,18,24H,4-5,9,11H2,1-3H3. The number of carbonyl (C=O) groups is 1. The van der Waals surface area contributed by atoms with Crippen LogP contribution >= 0.6 is 0 Å². The van der Waals surface area contributed by atoms with Gasteiger partial charge in [-0.1, -0.05) is 0 Å². The molecule has 0 aliphatic carbocycles. The minimum Gasteiger partial charge on any atom is -0.443 e. The summed E-state index contributed by atoms with van der Waals surface area (Å²) in [5.41, 5.74) is 0.666. The zero-order valence-corrected chi connectivity index (χ0v) is 17.0. The molecule has 7 nitrogen and oxygen atoms in total. The van der Waals surface area contributed by atoms with Crippen molar-refractivity contribution >= 4 is 23.3 Å². The fourth-order valence-corrected chi connectivity index (χ4v) is 3.42. The summed E-state index contributed by atoms with van der Waals surface area (Å²) in [6.07, 6.45) is -0.279. The van der Waals surface area contributed by atoms with Gasteiger partial charge in [-0.2, -0.15) is 0 Å². The number of benzene rings is 1. The molecule has 0 spiro atoms. The number of halogens is 2. The van der Waals surface area contributed by atoms with Gasteiger partial charge in [0.05, 0.1) is 37.4 Å². The van der Waals surface area contributed by atoms with Crippen LogP contribution in [0, 0.1) is 11.6 Å². The van der Waals surface area contributed by atoms with Gasteiger partial charge in [-0.3, -0.25) is 0 Å². The van der Waals surface area contributed by atoms with Crippen molar-refractivity contribution in [2.75, 3.05) is 30.0 Å². The van der Waals surface area contributed by atoms with E-state index in [1.165, 1.54) is 17.0 Å². The van der Waals surface area contributed by atoms with Gasteiger partial charge in [0.25, 0.3) is 0 Å². The van der Waals surface area contributed by atoms with E-state index in [2.05, 4.69) is 10.3 Å². The fraction of sp³-hybridized carbons (Fsp3) is 0.429. The SMILES string of the molecule is CC(C)(C)OC(=O)N1c2cc(F)c(C3COCCO3)cc2NCc2cc(F)cnc21. The topological polar surface area (TPSA) is 72.9 Å². The third-order valence-corrected chi connectivity index (χ3v) is 4.69. The average Bonchev–Trinajstić information content (AvgIpc) is 2.83. The molecule has 3 heterocycles. The number of ether oxygens (including phenoxy) is 3. The number of carbonyl (C=O) groups excluding carboxylic acids is 1. The average molecular weight is 419 g/mol. The molecule has 1 aromatic heterocycles. The molecule has 1 N–H and O–H groups in total. The molecule has 0 saturated carbocycles. The zero-order valence-electron chi connectivity index (χ0n) is 17.0. The maximum atomic E-state index is 15.1. The summed E-state index contributed by atoms with van der Waals surface area (Å²) in [7, 11) is 0. The van der Waals surface area contributed by atoms with Crippen molar-refractivity contribution in [1.82, 2.24) is 4.98 Å². The van der Waals surface area contributed by atoms with E-state index in [1.807, 2.05) is 0 Å². The van der Waals surface area contributed by atoms with Crippen LogP contribution in [0.2, 0.25) is 0 Å². The minimum absolute atomic E-state index is 0.182. The first-order chi connectivity index (χ1) is 14.2. The first-order valence-corrected chi connectivity index (χ1v) is 9.67. The van der Waals surface area contributed by atoms with Crippen LogP contribution in [0.3, 0.4) is 0 Å². The van der Waals surface area contributed by atoms with Crippen LogP contribution in [0.15, 0.2) is 24.4 Å². The molecule has 1 unspecified atom stereocenters. The van der Waals surface area contributed by atoms with E-state index in [4.69, 9.17) is 14.2 Å². The van der Waals surface area contributed by atoms with Crippen molar-refractivity contribution in [2.45, 2.75) is 39.0 Å². The molecule has 1 atom stereocenters. The van der Waals surface area contributed by atoms with E-state index in [0.717, 1.165) is 6.20 Å². The first kappa shape index (κ1) is 20.5. The number of hydrogen-bond donors (Lipinski definition) is 1. The van der Waals surface area contributed by atoms with E-state index in [9.17, 15) is 9.18 Å². The predicted octanol–water partition coefficient (Wildman–Crippen LogP) is 4.45. The van der Waals surface area contributed by atoms with Crippen LogP contribution in [0.1, 0.15) is 38.0 Å². The van der Waals surface area contributed by atoms with Gasteiger partial charge in [0.2, 0.25) is 0 Å². The van der Waals surface area contributed by atoms with Crippen LogP contribution in [0.4, 0.5) is 30.8 Å². The summed E-state index contributed by atoms with van der Waals surface area (Å²) in [4.78, 5) is 18.3. The molecular formula is C21H23F2N3O4. The van der Waals surface area contributed by atoms with Gasteiger partial charge < -0.3 is 19.5 Å². The van der Waals surface area contributed by atoms with Gasteiger partial charge in [0.15, 0.2) is 0 Å². The van der Waals surface area contributed by atoms with Crippen molar-refractivity contribution in [3.05, 3.63) is 47.2 Å². The van der Waals surface area contributed by atoms with Crippen LogP contribution in [-0.4, -0.2) is 36.5 Å².